The van der Waals surface area contributed by atoms with E-state index in [1.165, 1.54) is 44.2 Å². The lowest BCUT2D eigenvalue weighted by Gasteiger charge is -2.24. The van der Waals surface area contributed by atoms with Crippen molar-refractivity contribution in [1.82, 2.24) is 5.32 Å². The van der Waals surface area contributed by atoms with Crippen molar-refractivity contribution in [3.05, 3.63) is 112 Å². The number of aromatic hydroxyl groups is 1. The first kappa shape index (κ1) is 40.5. The van der Waals surface area contributed by atoms with Crippen LogP contribution in [-0.4, -0.2) is 74.9 Å². The highest BCUT2D eigenvalue weighted by Gasteiger charge is 2.39. The first-order valence-corrected chi connectivity index (χ1v) is 16.7. The highest BCUT2D eigenvalue weighted by molar-refractivity contribution is 6.31. The van der Waals surface area contributed by atoms with Gasteiger partial charge in [-0.3, -0.25) is 24.0 Å². The molecule has 2 aliphatic heterocycles. The zero-order valence-corrected chi connectivity index (χ0v) is 30.0. The van der Waals surface area contributed by atoms with E-state index in [0.29, 0.717) is 5.57 Å². The molecule has 11 heteroatoms. The van der Waals surface area contributed by atoms with Gasteiger partial charge in [-0.1, -0.05) is 75.5 Å². The Balaban J connectivity index is 2.08. The number of aliphatic hydroxyl groups is 3. The lowest BCUT2D eigenvalue weighted by Crippen LogP contribution is -2.35. The molecule has 0 radical (unpaired) electrons. The molecule has 1 aromatic rings. The number of rotatable bonds is 1. The SMILES string of the molecule is COC1=C2NC(=O)C=CC=CC=C[C@H](C)[C@@H](O)CC(=O)C(C)=CC[C@H](O)C=C[C@H](C)[C@H](O)[C@@H](C)C=C(C)C(=O)c3c(O)c(C)cc(c3C1=O)C2=O. The van der Waals surface area contributed by atoms with Crippen molar-refractivity contribution in [2.45, 2.75) is 72.7 Å². The Labute approximate surface area is 298 Å². The Morgan fingerprint density at radius 1 is 0.765 bits per heavy atom. The average Bonchev–Trinajstić information content (AvgIpc) is 3.09. The van der Waals surface area contributed by atoms with Gasteiger partial charge >= 0.3 is 0 Å². The summed E-state index contributed by atoms with van der Waals surface area (Å²) in [4.78, 5) is 66.8. The molecule has 0 fully saturated rings. The van der Waals surface area contributed by atoms with Crippen LogP contribution < -0.4 is 5.32 Å². The smallest absolute Gasteiger partial charge is 0.248 e. The summed E-state index contributed by atoms with van der Waals surface area (Å²) in [5, 5.41) is 45.6. The number of methoxy groups -OCH3 is 1. The van der Waals surface area contributed by atoms with Gasteiger partial charge in [0.1, 0.15) is 11.4 Å². The minimum atomic E-state index is -1.01. The number of carbonyl (C=O) groups is 5. The van der Waals surface area contributed by atoms with Crippen LogP contribution in [0.4, 0.5) is 0 Å². The van der Waals surface area contributed by atoms with Gasteiger partial charge in [-0.05, 0) is 50.0 Å². The molecule has 0 spiro atoms. The number of hydrogen-bond acceptors (Lipinski definition) is 10. The third kappa shape index (κ3) is 9.84. The van der Waals surface area contributed by atoms with Crippen LogP contribution in [0.2, 0.25) is 0 Å². The third-order valence-corrected chi connectivity index (χ3v) is 8.99. The van der Waals surface area contributed by atoms with Crippen molar-refractivity contribution in [3.63, 3.8) is 0 Å². The Bertz CT molecular complexity index is 1790. The average molecular weight is 702 g/mol. The van der Waals surface area contributed by atoms with E-state index in [9.17, 15) is 44.4 Å². The molecule has 11 nitrogen and oxygen atoms in total. The fourth-order valence-corrected chi connectivity index (χ4v) is 5.71. The van der Waals surface area contributed by atoms with Crippen molar-refractivity contribution in [3.8, 4) is 5.75 Å². The first-order valence-electron chi connectivity index (χ1n) is 16.7. The fourth-order valence-electron chi connectivity index (χ4n) is 5.71. The molecule has 272 valence electrons. The summed E-state index contributed by atoms with van der Waals surface area (Å²) in [6, 6.07) is 1.27. The van der Waals surface area contributed by atoms with Gasteiger partial charge in [0.2, 0.25) is 17.5 Å². The number of aryl methyl sites for hydroxylation is 1. The van der Waals surface area contributed by atoms with Gasteiger partial charge < -0.3 is 30.5 Å². The van der Waals surface area contributed by atoms with Crippen LogP contribution >= 0.6 is 0 Å². The number of ether oxygens (including phenoxy) is 1. The maximum absolute atomic E-state index is 13.9. The first-order chi connectivity index (χ1) is 24.0. The van der Waals surface area contributed by atoms with Gasteiger partial charge in [-0.2, -0.15) is 0 Å². The monoisotopic (exact) mass is 701 g/mol. The molecule has 0 aromatic heterocycles. The maximum Gasteiger partial charge on any atom is 0.248 e. The van der Waals surface area contributed by atoms with E-state index in [1.807, 2.05) is 0 Å². The van der Waals surface area contributed by atoms with E-state index >= 15 is 0 Å². The number of aliphatic hydroxyl groups excluding tert-OH is 3. The molecule has 1 aliphatic carbocycles. The van der Waals surface area contributed by atoms with Crippen LogP contribution in [0.5, 0.6) is 5.75 Å². The number of ketones is 4. The highest BCUT2D eigenvalue weighted by Crippen LogP contribution is 2.37. The molecule has 4 bridgehead atoms. The number of Topliss-reactive ketones (excluding diaryl/α,β-unsaturated/α-hetero) is 4. The Kier molecular flexibility index (Phi) is 14.1. The minimum absolute atomic E-state index is 0.0879. The molecular formula is C40H47NO10. The van der Waals surface area contributed by atoms with Gasteiger partial charge in [0.15, 0.2) is 17.3 Å². The third-order valence-electron chi connectivity index (χ3n) is 8.99. The van der Waals surface area contributed by atoms with Crippen molar-refractivity contribution >= 4 is 29.0 Å². The van der Waals surface area contributed by atoms with Crippen molar-refractivity contribution in [1.29, 1.82) is 0 Å². The van der Waals surface area contributed by atoms with Crippen LogP contribution in [0.15, 0.2) is 89.4 Å². The Morgan fingerprint density at radius 2 is 1.43 bits per heavy atom. The molecule has 0 saturated carbocycles. The van der Waals surface area contributed by atoms with Crippen LogP contribution in [0, 0.1) is 24.7 Å². The van der Waals surface area contributed by atoms with E-state index in [-0.39, 0.29) is 46.8 Å². The van der Waals surface area contributed by atoms with E-state index in [1.54, 1.807) is 58.1 Å². The summed E-state index contributed by atoms with van der Waals surface area (Å²) >= 11 is 0. The van der Waals surface area contributed by atoms with Gasteiger partial charge in [0.25, 0.3) is 0 Å². The molecule has 6 atom stereocenters. The zero-order chi connectivity index (χ0) is 38.2. The number of carbonyl (C=O) groups excluding carboxylic acids is 5. The standard InChI is InChI=1S/C40H47NO10/c1-21-12-10-8-9-11-13-31(45)41-34-38(49)28-19-26(6)37(48)33(32(28)39(50)40(34)51-7)36(47)25(5)18-24(4)35(46)23(3)15-17-27(42)16-14-22(2)30(44)20-29(21)43/h8-15,17-19,21,23-24,27,29,35,42-43,46,48H,16,20H2,1-7H3,(H,41,45)/t21-,23-,24-,27-,29-,35-/m0/s1. The number of amides is 1. The Hall–Kier alpha value is -4.97. The van der Waals surface area contributed by atoms with E-state index in [2.05, 4.69) is 5.32 Å². The summed E-state index contributed by atoms with van der Waals surface area (Å²) in [7, 11) is 1.14. The molecule has 0 saturated heterocycles. The van der Waals surface area contributed by atoms with Crippen LogP contribution in [-0.2, 0) is 14.3 Å². The topological polar surface area (TPSA) is 188 Å². The van der Waals surface area contributed by atoms with Crippen LogP contribution in [0.1, 0.15) is 84.1 Å². The second kappa shape index (κ2) is 17.8. The number of benzene rings is 1. The maximum atomic E-state index is 13.9. The van der Waals surface area contributed by atoms with Crippen molar-refractivity contribution in [2.24, 2.45) is 17.8 Å². The number of fused-ring (bicyclic) bond motifs is 18. The normalized spacial score (nSPS) is 26.4. The number of hydrogen-bond donors (Lipinski definition) is 5. The van der Waals surface area contributed by atoms with E-state index in [4.69, 9.17) is 4.74 Å². The summed E-state index contributed by atoms with van der Waals surface area (Å²) in [6.45, 7) is 9.70. The molecule has 1 aromatic carbocycles. The molecule has 4 rings (SSSR count). The summed E-state index contributed by atoms with van der Waals surface area (Å²) in [5.74, 6) is -5.93. The molecule has 1 amide bonds. The second-order valence-electron chi connectivity index (χ2n) is 13.0. The van der Waals surface area contributed by atoms with Crippen molar-refractivity contribution < 1.29 is 49.1 Å². The van der Waals surface area contributed by atoms with Crippen molar-refractivity contribution in [2.75, 3.05) is 7.11 Å². The van der Waals surface area contributed by atoms with Gasteiger partial charge in [0.05, 0.1) is 36.5 Å². The van der Waals surface area contributed by atoms with Crippen LogP contribution in [0.25, 0.3) is 0 Å². The molecule has 51 heavy (non-hydrogen) atoms. The quantitative estimate of drug-likeness (QED) is 0.257. The number of allylic oxidation sites excluding steroid dienone is 8. The van der Waals surface area contributed by atoms with Gasteiger partial charge in [-0.25, -0.2) is 0 Å². The predicted molar refractivity (Wildman–Crippen MR) is 192 cm³/mol. The number of phenolic OH excluding ortho intramolecular Hbond substituents is 1. The predicted octanol–water partition coefficient (Wildman–Crippen LogP) is 4.71. The fraction of sp³-hybridized carbons (Fsp3) is 0.375. The zero-order valence-electron chi connectivity index (χ0n) is 30.0. The lowest BCUT2D eigenvalue weighted by atomic mass is 9.82. The largest absolute Gasteiger partial charge is 0.507 e. The molecule has 0 unspecified atom stereocenters. The van der Waals surface area contributed by atoms with E-state index < -0.39 is 76.2 Å². The molecule has 3 aliphatic rings. The number of phenols is 1. The molecular weight excluding hydrogens is 654 g/mol. The van der Waals surface area contributed by atoms with Gasteiger partial charge in [-0.15, -0.1) is 0 Å². The lowest BCUT2D eigenvalue weighted by molar-refractivity contribution is -0.118. The van der Waals surface area contributed by atoms with Gasteiger partial charge in [0, 0.05) is 35.8 Å². The number of nitrogens with one attached hydrogen (secondary N) is 1. The summed E-state index contributed by atoms with van der Waals surface area (Å²) in [5.41, 5.74) is -0.768. The molecule has 5 N–H and O–H groups in total. The summed E-state index contributed by atoms with van der Waals surface area (Å²) < 4.78 is 5.25. The molecule has 2 heterocycles. The second-order valence-corrected chi connectivity index (χ2v) is 13.0. The van der Waals surface area contributed by atoms with Crippen LogP contribution in [0.3, 0.4) is 0 Å². The summed E-state index contributed by atoms with van der Waals surface area (Å²) in [6.07, 6.45) is 12.3. The highest BCUT2D eigenvalue weighted by atomic mass is 16.5. The Morgan fingerprint density at radius 3 is 2.10 bits per heavy atom. The van der Waals surface area contributed by atoms with E-state index in [0.717, 1.165) is 13.2 Å². The minimum Gasteiger partial charge on any atom is -0.507 e.